The fraction of sp³-hybridized carbons (Fsp3) is 0.391. The van der Waals surface area contributed by atoms with Crippen LogP contribution < -0.4 is 0 Å². The van der Waals surface area contributed by atoms with Gasteiger partial charge >= 0.3 is 0 Å². The van der Waals surface area contributed by atoms with Gasteiger partial charge in [-0.05, 0) is 44.1 Å². The second-order valence-corrected chi connectivity index (χ2v) is 8.43. The SMILES string of the molecule is CC(=O)Cc1ccc2c(c1O)C(O)=C1C(=O)C3C(O)=C(C(C)=O)C(=O)CC3CC1C2.O.O.[HH].[HH]. The number of hydrogen-bond donors (Lipinski definition) is 3. The van der Waals surface area contributed by atoms with Crippen molar-refractivity contribution in [1.82, 2.24) is 0 Å². The molecule has 3 atom stereocenters. The number of aliphatic hydroxyl groups is 2. The predicted octanol–water partition coefficient (Wildman–Crippen LogP) is 1.39. The number of Topliss-reactive ketones (excluding diaryl/α,β-unsaturated/α-hetero) is 4. The Morgan fingerprint density at radius 1 is 1.06 bits per heavy atom. The van der Waals surface area contributed by atoms with Crippen LogP contribution >= 0.6 is 0 Å². The number of phenols is 1. The van der Waals surface area contributed by atoms with Gasteiger partial charge < -0.3 is 26.3 Å². The van der Waals surface area contributed by atoms with Crippen molar-refractivity contribution in [3.63, 3.8) is 0 Å². The number of hydrogen-bond acceptors (Lipinski definition) is 7. The minimum absolute atomic E-state index is 0. The Morgan fingerprint density at radius 2 is 1.72 bits per heavy atom. The topological polar surface area (TPSA) is 192 Å². The van der Waals surface area contributed by atoms with E-state index in [0.29, 0.717) is 24.0 Å². The molecular weight excluding hydrogens is 420 g/mol. The molecule has 1 saturated carbocycles. The smallest absolute Gasteiger partial charge is 0.173 e. The molecule has 0 radical (unpaired) electrons. The number of phenolic OH excluding ortho intramolecular Hbond substituents is 1. The third-order valence-electron chi connectivity index (χ3n) is 6.39. The summed E-state index contributed by atoms with van der Waals surface area (Å²) in [6, 6.07) is 3.37. The lowest BCUT2D eigenvalue weighted by atomic mass is 9.61. The van der Waals surface area contributed by atoms with Gasteiger partial charge in [-0.25, -0.2) is 0 Å². The van der Waals surface area contributed by atoms with E-state index >= 15 is 0 Å². The summed E-state index contributed by atoms with van der Waals surface area (Å²) in [6.07, 6.45) is 0.773. The molecule has 0 bridgehead atoms. The van der Waals surface area contributed by atoms with Crippen LogP contribution in [0.15, 0.2) is 29.0 Å². The third kappa shape index (κ3) is 3.63. The summed E-state index contributed by atoms with van der Waals surface area (Å²) in [4.78, 5) is 48.9. The maximum absolute atomic E-state index is 13.3. The summed E-state index contributed by atoms with van der Waals surface area (Å²) in [5.41, 5.74) is 0.907. The predicted molar refractivity (Wildman–Crippen MR) is 117 cm³/mol. The van der Waals surface area contributed by atoms with Gasteiger partial charge in [-0.1, -0.05) is 12.1 Å². The van der Waals surface area contributed by atoms with Gasteiger partial charge in [0.15, 0.2) is 17.3 Å². The lowest BCUT2D eigenvalue weighted by Gasteiger charge is -2.41. The summed E-state index contributed by atoms with van der Waals surface area (Å²) in [5, 5.41) is 32.2. The zero-order valence-electron chi connectivity index (χ0n) is 17.7. The van der Waals surface area contributed by atoms with Gasteiger partial charge in [0.25, 0.3) is 0 Å². The van der Waals surface area contributed by atoms with Crippen LogP contribution in [-0.2, 0) is 32.0 Å². The van der Waals surface area contributed by atoms with Crippen molar-refractivity contribution < 1.29 is 48.3 Å². The number of rotatable bonds is 3. The summed E-state index contributed by atoms with van der Waals surface area (Å²) in [7, 11) is 0. The molecule has 0 saturated heterocycles. The van der Waals surface area contributed by atoms with Crippen LogP contribution in [0.25, 0.3) is 5.76 Å². The first kappa shape index (κ1) is 25.0. The van der Waals surface area contributed by atoms with Gasteiger partial charge in [0.2, 0.25) is 0 Å². The Labute approximate surface area is 186 Å². The normalized spacial score (nSPS) is 24.0. The van der Waals surface area contributed by atoms with Crippen LogP contribution in [0.3, 0.4) is 0 Å². The van der Waals surface area contributed by atoms with Crippen LogP contribution in [0.2, 0.25) is 0 Å². The van der Waals surface area contributed by atoms with E-state index in [4.69, 9.17) is 0 Å². The molecule has 0 spiro atoms. The summed E-state index contributed by atoms with van der Waals surface area (Å²) in [6.45, 7) is 2.56. The van der Waals surface area contributed by atoms with E-state index < -0.39 is 34.9 Å². The zero-order valence-corrected chi connectivity index (χ0v) is 17.7. The van der Waals surface area contributed by atoms with Crippen LogP contribution in [0, 0.1) is 17.8 Å². The Kier molecular flexibility index (Phi) is 6.77. The van der Waals surface area contributed by atoms with Crippen molar-refractivity contribution in [3.8, 4) is 5.75 Å². The van der Waals surface area contributed by atoms with Crippen LogP contribution in [0.1, 0.15) is 46.2 Å². The van der Waals surface area contributed by atoms with Crippen LogP contribution in [0.4, 0.5) is 0 Å². The molecule has 3 aliphatic carbocycles. The first-order valence-electron chi connectivity index (χ1n) is 9.89. The number of ketones is 4. The van der Waals surface area contributed by atoms with Crippen molar-refractivity contribution in [3.05, 3.63) is 45.7 Å². The highest BCUT2D eigenvalue weighted by Crippen LogP contribution is 2.50. The average molecular weight is 450 g/mol. The molecule has 0 aliphatic heterocycles. The number of carbonyl (C=O) groups is 4. The highest BCUT2D eigenvalue weighted by atomic mass is 16.3. The van der Waals surface area contributed by atoms with Gasteiger partial charge in [0.05, 0.1) is 17.1 Å². The van der Waals surface area contributed by atoms with E-state index in [-0.39, 0.29) is 66.6 Å². The molecule has 0 aromatic heterocycles. The Balaban J connectivity index is 0.00000272. The number of aliphatic hydroxyl groups excluding tert-OH is 2. The van der Waals surface area contributed by atoms with E-state index in [2.05, 4.69) is 0 Å². The van der Waals surface area contributed by atoms with Gasteiger partial charge in [0.1, 0.15) is 23.1 Å². The molecule has 3 unspecified atom stereocenters. The fourth-order valence-electron chi connectivity index (χ4n) is 5.18. The first-order valence-corrected chi connectivity index (χ1v) is 9.89. The van der Waals surface area contributed by atoms with E-state index in [1.54, 1.807) is 12.1 Å². The number of aromatic hydroxyl groups is 1. The Hall–Kier alpha value is -3.30. The molecule has 7 N–H and O–H groups in total. The quantitative estimate of drug-likeness (QED) is 0.579. The summed E-state index contributed by atoms with van der Waals surface area (Å²) in [5.74, 6) is -4.71. The molecule has 176 valence electrons. The molecular formula is C23H30O9. The lowest BCUT2D eigenvalue weighted by molar-refractivity contribution is -0.127. The average Bonchev–Trinajstić information content (AvgIpc) is 2.62. The van der Waals surface area contributed by atoms with Crippen LogP contribution in [0.5, 0.6) is 5.75 Å². The standard InChI is InChI=1S/C23H22O7.2H2O.2H2/c1-9(24)5-12-4-3-11-6-13-7-14-8-15(26)16(10(2)25)21(28)19(14)23(30)18(13)22(29)17(11)20(12)27;;;;/h3-4,13-14,19,27-29H,5-8H2,1-2H3;2*1H2;2*1H. The minimum atomic E-state index is -1.06. The molecule has 1 fully saturated rings. The second-order valence-electron chi connectivity index (χ2n) is 8.43. The molecule has 1 aromatic rings. The van der Waals surface area contributed by atoms with Gasteiger partial charge in [-0.2, -0.15) is 0 Å². The van der Waals surface area contributed by atoms with Gasteiger partial charge in [-0.15, -0.1) is 0 Å². The maximum atomic E-state index is 13.3. The highest BCUT2D eigenvalue weighted by molar-refractivity contribution is 6.21. The van der Waals surface area contributed by atoms with Crippen molar-refractivity contribution in [2.75, 3.05) is 0 Å². The molecule has 9 heteroatoms. The summed E-state index contributed by atoms with van der Waals surface area (Å²) < 4.78 is 0. The van der Waals surface area contributed by atoms with E-state index in [1.165, 1.54) is 13.8 Å². The maximum Gasteiger partial charge on any atom is 0.173 e. The minimum Gasteiger partial charge on any atom is -0.511 e. The molecule has 4 rings (SSSR count). The number of benzene rings is 1. The van der Waals surface area contributed by atoms with Crippen molar-refractivity contribution in [2.45, 2.75) is 39.5 Å². The molecule has 0 heterocycles. The van der Waals surface area contributed by atoms with E-state index in [0.717, 1.165) is 0 Å². The van der Waals surface area contributed by atoms with Gasteiger partial charge in [-0.3, -0.25) is 19.2 Å². The molecule has 3 aliphatic rings. The molecule has 32 heavy (non-hydrogen) atoms. The summed E-state index contributed by atoms with van der Waals surface area (Å²) >= 11 is 0. The molecule has 1 aromatic carbocycles. The molecule has 0 amide bonds. The largest absolute Gasteiger partial charge is 0.511 e. The van der Waals surface area contributed by atoms with Crippen LogP contribution in [-0.4, -0.2) is 49.4 Å². The monoisotopic (exact) mass is 450 g/mol. The Morgan fingerprint density at radius 3 is 2.31 bits per heavy atom. The van der Waals surface area contributed by atoms with E-state index in [9.17, 15) is 34.5 Å². The zero-order chi connectivity index (χ0) is 21.9. The highest BCUT2D eigenvalue weighted by Gasteiger charge is 2.50. The molecule has 9 nitrogen and oxygen atoms in total. The number of allylic oxidation sites excluding steroid dienone is 3. The Bertz CT molecular complexity index is 1100. The lowest BCUT2D eigenvalue weighted by Crippen LogP contribution is -2.43. The van der Waals surface area contributed by atoms with Crippen molar-refractivity contribution in [2.24, 2.45) is 17.8 Å². The first-order chi connectivity index (χ1) is 14.1. The van der Waals surface area contributed by atoms with Gasteiger partial charge in [0, 0.05) is 26.8 Å². The fourth-order valence-corrected chi connectivity index (χ4v) is 5.18. The van der Waals surface area contributed by atoms with Crippen molar-refractivity contribution >= 4 is 28.9 Å². The second kappa shape index (κ2) is 8.68. The number of fused-ring (bicyclic) bond motifs is 3. The van der Waals surface area contributed by atoms with E-state index in [1.807, 2.05) is 0 Å². The number of carbonyl (C=O) groups excluding carboxylic acids is 4. The van der Waals surface area contributed by atoms with Crippen molar-refractivity contribution in [1.29, 1.82) is 0 Å². The third-order valence-corrected chi connectivity index (χ3v) is 6.39.